The Balaban J connectivity index is 1.58. The topological polar surface area (TPSA) is 58.2 Å². The molecule has 0 aliphatic rings. The number of nitrogens with one attached hydrogen (secondary N) is 2. The van der Waals surface area contributed by atoms with Gasteiger partial charge in [0.2, 0.25) is 5.91 Å². The van der Waals surface area contributed by atoms with Crippen LogP contribution in [0.1, 0.15) is 17.3 Å². The minimum Gasteiger partial charge on any atom is -0.324 e. The van der Waals surface area contributed by atoms with Crippen LogP contribution >= 0.6 is 46.6 Å². The molecule has 3 aromatic rings. The zero-order valence-electron chi connectivity index (χ0n) is 15.8. The zero-order chi connectivity index (χ0) is 21.7. The third kappa shape index (κ3) is 6.16. The molecule has 2 amide bonds. The molecule has 1 unspecified atom stereocenters. The Labute approximate surface area is 193 Å². The monoisotopic (exact) mass is 478 g/mol. The van der Waals surface area contributed by atoms with Gasteiger partial charge in [0.15, 0.2) is 0 Å². The molecule has 0 aliphatic heterocycles. The van der Waals surface area contributed by atoms with Crippen LogP contribution in [0.5, 0.6) is 0 Å². The van der Waals surface area contributed by atoms with Gasteiger partial charge in [0.25, 0.3) is 5.91 Å². The molecule has 0 aliphatic carbocycles. The van der Waals surface area contributed by atoms with Gasteiger partial charge < -0.3 is 10.6 Å². The lowest BCUT2D eigenvalue weighted by atomic mass is 10.2. The first-order valence-electron chi connectivity index (χ1n) is 8.91. The Morgan fingerprint density at radius 1 is 0.867 bits per heavy atom. The van der Waals surface area contributed by atoms with Crippen LogP contribution in [-0.2, 0) is 4.79 Å². The Kier molecular flexibility index (Phi) is 7.67. The molecule has 0 bridgehead atoms. The van der Waals surface area contributed by atoms with E-state index in [-0.39, 0.29) is 17.1 Å². The van der Waals surface area contributed by atoms with Crippen molar-refractivity contribution in [3.63, 3.8) is 0 Å². The fraction of sp³-hybridized carbons (Fsp3) is 0.0909. The lowest BCUT2D eigenvalue weighted by molar-refractivity contribution is -0.115. The predicted molar refractivity (Wildman–Crippen MR) is 126 cm³/mol. The minimum absolute atomic E-state index is 0.192. The number of benzene rings is 3. The highest BCUT2D eigenvalue weighted by Crippen LogP contribution is 2.29. The Morgan fingerprint density at radius 3 is 2.27 bits per heavy atom. The first-order chi connectivity index (χ1) is 14.3. The summed E-state index contributed by atoms with van der Waals surface area (Å²) < 4.78 is 0. The number of halogens is 3. The van der Waals surface area contributed by atoms with E-state index < -0.39 is 0 Å². The van der Waals surface area contributed by atoms with E-state index in [9.17, 15) is 9.59 Å². The molecule has 4 nitrogen and oxygen atoms in total. The molecule has 3 aromatic carbocycles. The highest BCUT2D eigenvalue weighted by Gasteiger charge is 2.16. The van der Waals surface area contributed by atoms with Crippen LogP contribution in [0.15, 0.2) is 71.6 Å². The standard InChI is InChI=1S/C22H17Cl3N2O2S/c1-13(21(28)27-20-12-16(24)5-10-19(20)25)30-18-8-6-17(7-9-18)26-22(29)14-3-2-4-15(23)11-14/h2-13H,1H3,(H,26,29)(H,27,28). The van der Waals surface area contributed by atoms with E-state index in [0.717, 1.165) is 4.90 Å². The number of hydrogen-bond acceptors (Lipinski definition) is 3. The molecule has 3 rings (SSSR count). The van der Waals surface area contributed by atoms with Gasteiger partial charge in [-0.1, -0.05) is 40.9 Å². The van der Waals surface area contributed by atoms with Crippen LogP contribution in [-0.4, -0.2) is 17.1 Å². The van der Waals surface area contributed by atoms with Gasteiger partial charge in [-0.25, -0.2) is 0 Å². The molecule has 0 radical (unpaired) electrons. The predicted octanol–water partition coefficient (Wildman–Crippen LogP) is 7.02. The molecular formula is C22H17Cl3N2O2S. The highest BCUT2D eigenvalue weighted by molar-refractivity contribution is 8.00. The van der Waals surface area contributed by atoms with Crippen LogP contribution in [0.25, 0.3) is 0 Å². The van der Waals surface area contributed by atoms with Crippen LogP contribution < -0.4 is 10.6 Å². The zero-order valence-corrected chi connectivity index (χ0v) is 18.9. The Hall–Kier alpha value is -2.18. The SMILES string of the molecule is CC(Sc1ccc(NC(=O)c2cccc(Cl)c2)cc1)C(=O)Nc1cc(Cl)ccc1Cl. The van der Waals surface area contributed by atoms with Crippen LogP contribution in [0, 0.1) is 0 Å². The fourth-order valence-electron chi connectivity index (χ4n) is 2.54. The molecule has 30 heavy (non-hydrogen) atoms. The number of thioether (sulfide) groups is 1. The van der Waals surface area contributed by atoms with Crippen LogP contribution in [0.3, 0.4) is 0 Å². The number of anilines is 2. The number of carbonyl (C=O) groups is 2. The van der Waals surface area contributed by atoms with E-state index in [2.05, 4.69) is 10.6 Å². The molecule has 0 saturated carbocycles. The second-order valence-electron chi connectivity index (χ2n) is 6.36. The first-order valence-corrected chi connectivity index (χ1v) is 10.9. The molecule has 0 saturated heterocycles. The second kappa shape index (κ2) is 10.2. The Morgan fingerprint density at radius 2 is 1.57 bits per heavy atom. The summed E-state index contributed by atoms with van der Waals surface area (Å²) in [4.78, 5) is 25.7. The van der Waals surface area contributed by atoms with Crippen molar-refractivity contribution in [2.45, 2.75) is 17.1 Å². The van der Waals surface area contributed by atoms with Crippen molar-refractivity contribution in [3.8, 4) is 0 Å². The third-order valence-electron chi connectivity index (χ3n) is 4.07. The molecule has 0 aromatic heterocycles. The van der Waals surface area contributed by atoms with Crippen molar-refractivity contribution in [1.82, 2.24) is 0 Å². The van der Waals surface area contributed by atoms with Gasteiger partial charge in [0.05, 0.1) is 16.0 Å². The van der Waals surface area contributed by atoms with Gasteiger partial charge in [0, 0.05) is 26.2 Å². The van der Waals surface area contributed by atoms with Crippen molar-refractivity contribution in [3.05, 3.63) is 87.4 Å². The quantitative estimate of drug-likeness (QED) is 0.374. The molecule has 0 fully saturated rings. The van der Waals surface area contributed by atoms with Crippen molar-refractivity contribution in [2.24, 2.45) is 0 Å². The van der Waals surface area contributed by atoms with Crippen molar-refractivity contribution >= 4 is 69.8 Å². The highest BCUT2D eigenvalue weighted by atomic mass is 35.5. The van der Waals surface area contributed by atoms with E-state index in [1.54, 1.807) is 61.5 Å². The molecule has 8 heteroatoms. The smallest absolute Gasteiger partial charge is 0.255 e. The van der Waals surface area contributed by atoms with Gasteiger partial charge in [-0.15, -0.1) is 11.8 Å². The first kappa shape index (κ1) is 22.5. The summed E-state index contributed by atoms with van der Waals surface area (Å²) >= 11 is 19.4. The largest absolute Gasteiger partial charge is 0.324 e. The van der Waals surface area contributed by atoms with Crippen molar-refractivity contribution in [2.75, 3.05) is 10.6 Å². The average molecular weight is 480 g/mol. The van der Waals surface area contributed by atoms with E-state index in [0.29, 0.717) is 32.0 Å². The summed E-state index contributed by atoms with van der Waals surface area (Å²) in [6.45, 7) is 1.80. The number of hydrogen-bond donors (Lipinski definition) is 2. The van der Waals surface area contributed by atoms with E-state index in [1.807, 2.05) is 12.1 Å². The van der Waals surface area contributed by atoms with Gasteiger partial charge in [-0.2, -0.15) is 0 Å². The van der Waals surface area contributed by atoms with Crippen molar-refractivity contribution in [1.29, 1.82) is 0 Å². The van der Waals surface area contributed by atoms with E-state index in [1.165, 1.54) is 11.8 Å². The normalized spacial score (nSPS) is 11.6. The van der Waals surface area contributed by atoms with E-state index in [4.69, 9.17) is 34.8 Å². The van der Waals surface area contributed by atoms with Crippen LogP contribution in [0.4, 0.5) is 11.4 Å². The van der Waals surface area contributed by atoms with E-state index >= 15 is 0 Å². The molecule has 0 spiro atoms. The maximum absolute atomic E-state index is 12.5. The molecular weight excluding hydrogens is 463 g/mol. The summed E-state index contributed by atoms with van der Waals surface area (Å²) in [6.07, 6.45) is 0. The Bertz CT molecular complexity index is 1070. The van der Waals surface area contributed by atoms with Gasteiger partial charge >= 0.3 is 0 Å². The third-order valence-corrected chi connectivity index (χ3v) is 5.98. The van der Waals surface area contributed by atoms with Gasteiger partial charge in [0.1, 0.15) is 0 Å². The molecule has 154 valence electrons. The van der Waals surface area contributed by atoms with Crippen molar-refractivity contribution < 1.29 is 9.59 Å². The average Bonchev–Trinajstić information content (AvgIpc) is 2.72. The number of carbonyl (C=O) groups excluding carboxylic acids is 2. The molecule has 0 heterocycles. The van der Waals surface area contributed by atoms with Gasteiger partial charge in [-0.3, -0.25) is 9.59 Å². The molecule has 2 N–H and O–H groups in total. The summed E-state index contributed by atoms with van der Waals surface area (Å²) in [5, 5.41) is 6.65. The second-order valence-corrected chi connectivity index (χ2v) is 9.06. The van der Waals surface area contributed by atoms with Gasteiger partial charge in [-0.05, 0) is 67.6 Å². The minimum atomic E-state index is -0.369. The molecule has 1 atom stereocenters. The maximum Gasteiger partial charge on any atom is 0.255 e. The number of rotatable bonds is 6. The maximum atomic E-state index is 12.5. The summed E-state index contributed by atoms with van der Waals surface area (Å²) in [7, 11) is 0. The van der Waals surface area contributed by atoms with Crippen LogP contribution in [0.2, 0.25) is 15.1 Å². The summed E-state index contributed by atoms with van der Waals surface area (Å²) in [6, 6.07) is 18.9. The summed E-state index contributed by atoms with van der Waals surface area (Å²) in [5.74, 6) is -0.438. The lowest BCUT2D eigenvalue weighted by Crippen LogP contribution is -2.22. The fourth-order valence-corrected chi connectivity index (χ4v) is 3.93. The number of amides is 2. The summed E-state index contributed by atoms with van der Waals surface area (Å²) in [5.41, 5.74) is 1.60. The lowest BCUT2D eigenvalue weighted by Gasteiger charge is -2.13.